The SMILES string of the molecule is CC/C=C\C=C/c1cc(-c2ccc3ccccc3c2)c2ccccc2c1-c1cccc2c1oc1ccccc12. The van der Waals surface area contributed by atoms with Crippen molar-refractivity contribution in [2.45, 2.75) is 13.3 Å². The van der Waals surface area contributed by atoms with Crippen LogP contribution in [0.4, 0.5) is 0 Å². The maximum Gasteiger partial charge on any atom is 0.143 e. The Morgan fingerprint density at radius 3 is 2.21 bits per heavy atom. The van der Waals surface area contributed by atoms with Gasteiger partial charge >= 0.3 is 0 Å². The fourth-order valence-corrected chi connectivity index (χ4v) is 5.74. The zero-order chi connectivity index (χ0) is 26.2. The lowest BCUT2D eigenvalue weighted by Crippen LogP contribution is -1.91. The van der Waals surface area contributed by atoms with Crippen LogP contribution < -0.4 is 0 Å². The number of para-hydroxylation sites is 2. The van der Waals surface area contributed by atoms with Crippen LogP contribution in [-0.2, 0) is 0 Å². The van der Waals surface area contributed by atoms with E-state index < -0.39 is 0 Å². The first kappa shape index (κ1) is 23.3. The van der Waals surface area contributed by atoms with Crippen molar-refractivity contribution in [3.63, 3.8) is 0 Å². The standard InChI is InChI=1S/C38H28O/c1-2-3-4-5-15-29-25-35(28-23-22-26-13-6-7-14-27(26)24-28)30-16-8-9-18-32(30)37(29)34-20-12-19-33-31-17-10-11-21-36(31)39-38(33)34/h3-25H,2H2,1H3/b4-3-,15-5-. The maximum atomic E-state index is 6.51. The number of fused-ring (bicyclic) bond motifs is 5. The molecule has 0 N–H and O–H groups in total. The Morgan fingerprint density at radius 2 is 1.33 bits per heavy atom. The van der Waals surface area contributed by atoms with Crippen LogP contribution in [0.2, 0.25) is 0 Å². The Bertz CT molecular complexity index is 2050. The monoisotopic (exact) mass is 500 g/mol. The van der Waals surface area contributed by atoms with Crippen molar-refractivity contribution < 1.29 is 4.42 Å². The van der Waals surface area contributed by atoms with E-state index in [9.17, 15) is 0 Å². The average Bonchev–Trinajstić information content (AvgIpc) is 3.38. The third-order valence-corrected chi connectivity index (χ3v) is 7.57. The van der Waals surface area contributed by atoms with E-state index in [2.05, 4.69) is 140 Å². The summed E-state index contributed by atoms with van der Waals surface area (Å²) in [7, 11) is 0. The van der Waals surface area contributed by atoms with Gasteiger partial charge in [-0.25, -0.2) is 0 Å². The summed E-state index contributed by atoms with van der Waals surface area (Å²) in [6.45, 7) is 2.16. The number of benzene rings is 6. The highest BCUT2D eigenvalue weighted by atomic mass is 16.3. The summed E-state index contributed by atoms with van der Waals surface area (Å²) in [5.41, 5.74) is 7.78. The molecule has 7 rings (SSSR count). The Kier molecular flexibility index (Phi) is 5.83. The Morgan fingerprint density at radius 1 is 0.590 bits per heavy atom. The number of rotatable bonds is 5. The minimum Gasteiger partial charge on any atom is -0.455 e. The van der Waals surface area contributed by atoms with Gasteiger partial charge in [0.1, 0.15) is 11.2 Å². The summed E-state index contributed by atoms with van der Waals surface area (Å²) >= 11 is 0. The van der Waals surface area contributed by atoms with Crippen molar-refractivity contribution in [2.24, 2.45) is 0 Å². The fraction of sp³-hybridized carbons (Fsp3) is 0.0526. The highest BCUT2D eigenvalue weighted by molar-refractivity contribution is 6.15. The number of hydrogen-bond acceptors (Lipinski definition) is 1. The highest BCUT2D eigenvalue weighted by Crippen LogP contribution is 2.43. The van der Waals surface area contributed by atoms with E-state index in [1.807, 2.05) is 6.07 Å². The largest absolute Gasteiger partial charge is 0.455 e. The molecule has 1 heterocycles. The number of furan rings is 1. The van der Waals surface area contributed by atoms with Gasteiger partial charge in [0.05, 0.1) is 0 Å². The van der Waals surface area contributed by atoms with Crippen molar-refractivity contribution in [3.8, 4) is 22.3 Å². The molecule has 0 aliphatic rings. The van der Waals surface area contributed by atoms with E-state index in [-0.39, 0.29) is 0 Å². The summed E-state index contributed by atoms with van der Waals surface area (Å²) < 4.78 is 6.51. The fourth-order valence-electron chi connectivity index (χ4n) is 5.74. The van der Waals surface area contributed by atoms with Gasteiger partial charge in [0.25, 0.3) is 0 Å². The minimum absolute atomic E-state index is 0.917. The topological polar surface area (TPSA) is 13.1 Å². The molecule has 0 aliphatic carbocycles. The van der Waals surface area contributed by atoms with Crippen LogP contribution in [0, 0.1) is 0 Å². The highest BCUT2D eigenvalue weighted by Gasteiger charge is 2.18. The lowest BCUT2D eigenvalue weighted by molar-refractivity contribution is 0.670. The summed E-state index contributed by atoms with van der Waals surface area (Å²) in [5.74, 6) is 0. The van der Waals surface area contributed by atoms with E-state index in [0.717, 1.165) is 33.9 Å². The molecule has 0 saturated heterocycles. The van der Waals surface area contributed by atoms with Crippen molar-refractivity contribution in [1.82, 2.24) is 0 Å². The second-order valence-electron chi connectivity index (χ2n) is 9.97. The van der Waals surface area contributed by atoms with Crippen molar-refractivity contribution in [3.05, 3.63) is 139 Å². The van der Waals surface area contributed by atoms with Gasteiger partial charge in [-0.05, 0) is 62.9 Å². The van der Waals surface area contributed by atoms with Gasteiger partial charge in [0.2, 0.25) is 0 Å². The zero-order valence-corrected chi connectivity index (χ0v) is 21.9. The van der Waals surface area contributed by atoms with Crippen LogP contribution in [0.25, 0.3) is 71.8 Å². The van der Waals surface area contributed by atoms with Gasteiger partial charge in [-0.15, -0.1) is 0 Å². The molecule has 0 radical (unpaired) electrons. The zero-order valence-electron chi connectivity index (χ0n) is 21.9. The van der Waals surface area contributed by atoms with E-state index in [4.69, 9.17) is 4.42 Å². The molecule has 1 nitrogen and oxygen atoms in total. The first-order valence-corrected chi connectivity index (χ1v) is 13.6. The molecule has 0 aliphatic heterocycles. The average molecular weight is 501 g/mol. The molecule has 6 aromatic carbocycles. The molecular formula is C38H28O. The van der Waals surface area contributed by atoms with E-state index in [0.29, 0.717) is 0 Å². The molecular weight excluding hydrogens is 472 g/mol. The third-order valence-electron chi connectivity index (χ3n) is 7.57. The second kappa shape index (κ2) is 9.78. The lowest BCUT2D eigenvalue weighted by atomic mass is 9.87. The van der Waals surface area contributed by atoms with E-state index in [1.165, 1.54) is 43.8 Å². The van der Waals surface area contributed by atoms with Crippen molar-refractivity contribution >= 4 is 49.6 Å². The predicted octanol–water partition coefficient (Wildman–Crippen LogP) is 11.2. The molecule has 0 fully saturated rings. The molecule has 7 aromatic rings. The van der Waals surface area contributed by atoms with Crippen LogP contribution in [0.5, 0.6) is 0 Å². The summed E-state index contributed by atoms with van der Waals surface area (Å²) in [4.78, 5) is 0. The predicted molar refractivity (Wildman–Crippen MR) is 168 cm³/mol. The molecule has 0 amide bonds. The number of allylic oxidation sites excluding steroid dienone is 3. The summed E-state index contributed by atoms with van der Waals surface area (Å²) in [6, 6.07) is 41.3. The second-order valence-corrected chi connectivity index (χ2v) is 9.97. The Hall–Kier alpha value is -4.88. The van der Waals surface area contributed by atoms with Gasteiger partial charge in [-0.1, -0.05) is 128 Å². The van der Waals surface area contributed by atoms with Crippen LogP contribution in [0.15, 0.2) is 138 Å². The van der Waals surface area contributed by atoms with Crippen LogP contribution in [0.1, 0.15) is 18.9 Å². The van der Waals surface area contributed by atoms with Crippen molar-refractivity contribution in [1.29, 1.82) is 0 Å². The van der Waals surface area contributed by atoms with Gasteiger partial charge in [0, 0.05) is 21.9 Å². The van der Waals surface area contributed by atoms with Gasteiger partial charge in [0.15, 0.2) is 0 Å². The number of hydrogen-bond donors (Lipinski definition) is 0. The van der Waals surface area contributed by atoms with Crippen LogP contribution in [0.3, 0.4) is 0 Å². The molecule has 39 heavy (non-hydrogen) atoms. The normalized spacial score (nSPS) is 12.1. The smallest absolute Gasteiger partial charge is 0.143 e. The lowest BCUT2D eigenvalue weighted by Gasteiger charge is -2.16. The van der Waals surface area contributed by atoms with Gasteiger partial charge < -0.3 is 4.42 Å². The van der Waals surface area contributed by atoms with Crippen molar-refractivity contribution in [2.75, 3.05) is 0 Å². The molecule has 0 atom stereocenters. The first-order valence-electron chi connectivity index (χ1n) is 13.6. The molecule has 0 saturated carbocycles. The molecule has 0 spiro atoms. The minimum atomic E-state index is 0.917. The molecule has 1 heteroatoms. The van der Waals surface area contributed by atoms with Crippen LogP contribution >= 0.6 is 0 Å². The first-order chi connectivity index (χ1) is 19.3. The maximum absolute atomic E-state index is 6.51. The van der Waals surface area contributed by atoms with E-state index >= 15 is 0 Å². The Labute approximate surface area is 228 Å². The molecule has 0 unspecified atom stereocenters. The summed E-state index contributed by atoms with van der Waals surface area (Å²) in [5, 5.41) is 7.25. The summed E-state index contributed by atoms with van der Waals surface area (Å²) in [6.07, 6.45) is 9.72. The quantitative estimate of drug-likeness (QED) is 0.214. The molecule has 1 aromatic heterocycles. The van der Waals surface area contributed by atoms with Gasteiger partial charge in [-0.3, -0.25) is 0 Å². The van der Waals surface area contributed by atoms with Gasteiger partial charge in [-0.2, -0.15) is 0 Å². The van der Waals surface area contributed by atoms with E-state index in [1.54, 1.807) is 0 Å². The third kappa shape index (κ3) is 4.04. The Balaban J connectivity index is 1.55. The molecule has 186 valence electrons. The molecule has 0 bridgehead atoms. The van der Waals surface area contributed by atoms with Crippen LogP contribution in [-0.4, -0.2) is 0 Å².